The molecule has 0 bridgehead atoms. The standard InChI is InChI=1S/C20H16BrF3N6O2/c1-9-16(29-32-28-9)8-30-11(3)18(10(2)27-30)26-19(31)14-7-17(20(22,23)24)25-15-5-4-12(21)6-13(14)15/h4-7H,8H2,1-3H3,(H,26,31). The molecule has 8 nitrogen and oxygen atoms in total. The Balaban J connectivity index is 1.73. The van der Waals surface area contributed by atoms with Gasteiger partial charge >= 0.3 is 6.18 Å². The van der Waals surface area contributed by atoms with E-state index in [0.717, 1.165) is 6.07 Å². The second-order valence-corrected chi connectivity index (χ2v) is 8.08. The second-order valence-electron chi connectivity index (χ2n) is 7.17. The highest BCUT2D eigenvalue weighted by molar-refractivity contribution is 9.10. The van der Waals surface area contributed by atoms with E-state index in [1.807, 2.05) is 0 Å². The number of hydrogen-bond acceptors (Lipinski definition) is 6. The van der Waals surface area contributed by atoms with E-state index in [4.69, 9.17) is 4.63 Å². The number of aromatic nitrogens is 5. The van der Waals surface area contributed by atoms with Crippen LogP contribution in [0, 0.1) is 20.8 Å². The summed E-state index contributed by atoms with van der Waals surface area (Å²) >= 11 is 3.29. The Morgan fingerprint density at radius 1 is 1.16 bits per heavy atom. The monoisotopic (exact) mass is 508 g/mol. The van der Waals surface area contributed by atoms with Gasteiger partial charge in [-0.3, -0.25) is 9.48 Å². The van der Waals surface area contributed by atoms with Crippen LogP contribution in [0.5, 0.6) is 0 Å². The molecule has 166 valence electrons. The largest absolute Gasteiger partial charge is 0.433 e. The number of halogens is 4. The molecule has 0 saturated carbocycles. The summed E-state index contributed by atoms with van der Waals surface area (Å²) in [5.74, 6) is -0.703. The molecule has 0 saturated heterocycles. The zero-order valence-corrected chi connectivity index (χ0v) is 18.7. The maximum atomic E-state index is 13.4. The van der Waals surface area contributed by atoms with E-state index in [1.54, 1.807) is 37.6 Å². The quantitative estimate of drug-likeness (QED) is 0.424. The summed E-state index contributed by atoms with van der Waals surface area (Å²) in [6.07, 6.45) is -4.70. The number of pyridine rings is 1. The fourth-order valence-corrected chi connectivity index (χ4v) is 3.64. The van der Waals surface area contributed by atoms with Crippen LogP contribution in [0.4, 0.5) is 18.9 Å². The molecule has 32 heavy (non-hydrogen) atoms. The number of aryl methyl sites for hydroxylation is 2. The maximum absolute atomic E-state index is 13.4. The number of nitrogens with zero attached hydrogens (tertiary/aromatic N) is 5. The summed E-state index contributed by atoms with van der Waals surface area (Å²) in [5, 5.41) is 14.9. The Morgan fingerprint density at radius 3 is 2.56 bits per heavy atom. The summed E-state index contributed by atoms with van der Waals surface area (Å²) in [7, 11) is 0. The lowest BCUT2D eigenvalue weighted by atomic mass is 10.1. The molecule has 0 aliphatic heterocycles. The summed E-state index contributed by atoms with van der Waals surface area (Å²) in [6, 6.07) is 5.30. The normalized spacial score (nSPS) is 11.8. The number of anilines is 1. The third-order valence-corrected chi connectivity index (χ3v) is 5.47. The number of rotatable bonds is 4. The first-order chi connectivity index (χ1) is 15.0. The van der Waals surface area contributed by atoms with Crippen LogP contribution in [0.25, 0.3) is 10.9 Å². The smallest absolute Gasteiger partial charge is 0.319 e. The number of amides is 1. The van der Waals surface area contributed by atoms with Crippen molar-refractivity contribution in [3.8, 4) is 0 Å². The first-order valence-electron chi connectivity index (χ1n) is 9.35. The van der Waals surface area contributed by atoms with Crippen LogP contribution >= 0.6 is 15.9 Å². The van der Waals surface area contributed by atoms with Gasteiger partial charge in [0, 0.05) is 9.86 Å². The van der Waals surface area contributed by atoms with Crippen LogP contribution in [0.15, 0.2) is 33.4 Å². The molecule has 0 fully saturated rings. The molecule has 12 heteroatoms. The Morgan fingerprint density at radius 2 is 1.91 bits per heavy atom. The van der Waals surface area contributed by atoms with Crippen LogP contribution in [-0.2, 0) is 12.7 Å². The summed E-state index contributed by atoms with van der Waals surface area (Å²) in [5.41, 5.74) is 1.46. The minimum atomic E-state index is -4.70. The van der Waals surface area contributed by atoms with Gasteiger partial charge in [0.25, 0.3) is 5.91 Å². The number of hydrogen-bond donors (Lipinski definition) is 1. The molecule has 3 aromatic heterocycles. The number of benzene rings is 1. The van der Waals surface area contributed by atoms with Gasteiger partial charge in [0.15, 0.2) is 0 Å². The van der Waals surface area contributed by atoms with E-state index in [-0.39, 0.29) is 23.0 Å². The summed E-state index contributed by atoms with van der Waals surface area (Å²) in [4.78, 5) is 16.8. The van der Waals surface area contributed by atoms with Gasteiger partial charge < -0.3 is 5.32 Å². The molecule has 0 atom stereocenters. The van der Waals surface area contributed by atoms with E-state index in [0.29, 0.717) is 32.9 Å². The van der Waals surface area contributed by atoms with Gasteiger partial charge in [-0.2, -0.15) is 18.3 Å². The van der Waals surface area contributed by atoms with E-state index in [2.05, 4.69) is 41.6 Å². The number of alkyl halides is 3. The molecule has 0 unspecified atom stereocenters. The number of nitrogens with one attached hydrogen (secondary N) is 1. The SMILES string of the molecule is Cc1nonc1Cn1nc(C)c(NC(=O)c2cc(C(F)(F)F)nc3ccc(Br)cc23)c1C. The van der Waals surface area contributed by atoms with E-state index in [1.165, 1.54) is 6.07 Å². The van der Waals surface area contributed by atoms with Crippen molar-refractivity contribution in [1.29, 1.82) is 0 Å². The molecule has 3 heterocycles. The second kappa shape index (κ2) is 8.01. The molecular weight excluding hydrogens is 493 g/mol. The van der Waals surface area contributed by atoms with E-state index in [9.17, 15) is 18.0 Å². The minimum absolute atomic E-state index is 0.0614. The molecule has 0 spiro atoms. The molecule has 4 rings (SSSR count). The zero-order valence-electron chi connectivity index (χ0n) is 17.1. The van der Waals surface area contributed by atoms with Crippen molar-refractivity contribution in [2.24, 2.45) is 0 Å². The number of carbonyl (C=O) groups is 1. The lowest BCUT2D eigenvalue weighted by Crippen LogP contribution is -2.17. The lowest BCUT2D eigenvalue weighted by molar-refractivity contribution is -0.140. The fraction of sp³-hybridized carbons (Fsp3) is 0.250. The molecule has 0 aliphatic rings. The number of carbonyl (C=O) groups excluding carboxylic acids is 1. The average Bonchev–Trinajstić information content (AvgIpc) is 3.24. The van der Waals surface area contributed by atoms with Crippen LogP contribution in [0.1, 0.15) is 38.8 Å². The third kappa shape index (κ3) is 4.09. The van der Waals surface area contributed by atoms with Gasteiger partial charge in [0.1, 0.15) is 17.1 Å². The molecule has 0 radical (unpaired) electrons. The van der Waals surface area contributed by atoms with Crippen molar-refractivity contribution < 1.29 is 22.6 Å². The van der Waals surface area contributed by atoms with Crippen LogP contribution < -0.4 is 5.32 Å². The minimum Gasteiger partial charge on any atom is -0.319 e. The average molecular weight is 509 g/mol. The highest BCUT2D eigenvalue weighted by Crippen LogP contribution is 2.32. The van der Waals surface area contributed by atoms with Crippen molar-refractivity contribution in [1.82, 2.24) is 25.1 Å². The van der Waals surface area contributed by atoms with E-state index < -0.39 is 17.8 Å². The van der Waals surface area contributed by atoms with Crippen LogP contribution in [0.3, 0.4) is 0 Å². The van der Waals surface area contributed by atoms with Gasteiger partial charge in [-0.05, 0) is 45.0 Å². The predicted octanol–water partition coefficient (Wildman–Crippen LogP) is 4.82. The molecule has 1 amide bonds. The Hall–Kier alpha value is -3.28. The maximum Gasteiger partial charge on any atom is 0.433 e. The predicted molar refractivity (Wildman–Crippen MR) is 112 cm³/mol. The van der Waals surface area contributed by atoms with Crippen molar-refractivity contribution >= 4 is 38.4 Å². The molecule has 1 N–H and O–H groups in total. The summed E-state index contributed by atoms with van der Waals surface area (Å²) in [6.45, 7) is 5.43. The molecule has 4 aromatic rings. The van der Waals surface area contributed by atoms with Crippen molar-refractivity contribution in [2.75, 3.05) is 5.32 Å². The van der Waals surface area contributed by atoms with Gasteiger partial charge in [0.05, 0.1) is 34.7 Å². The van der Waals surface area contributed by atoms with Crippen molar-refractivity contribution in [2.45, 2.75) is 33.5 Å². The van der Waals surface area contributed by atoms with Crippen molar-refractivity contribution in [3.63, 3.8) is 0 Å². The Bertz CT molecular complexity index is 1350. The highest BCUT2D eigenvalue weighted by Gasteiger charge is 2.34. The third-order valence-electron chi connectivity index (χ3n) is 4.97. The Kier molecular flexibility index (Phi) is 5.49. The molecule has 1 aromatic carbocycles. The molecule has 0 aliphatic carbocycles. The highest BCUT2D eigenvalue weighted by atomic mass is 79.9. The fourth-order valence-electron chi connectivity index (χ4n) is 3.28. The van der Waals surface area contributed by atoms with Gasteiger partial charge in [-0.1, -0.05) is 26.2 Å². The molecular formula is C20H16BrF3N6O2. The first kappa shape index (κ1) is 21.9. The van der Waals surface area contributed by atoms with Crippen molar-refractivity contribution in [3.05, 3.63) is 62.8 Å². The van der Waals surface area contributed by atoms with Crippen LogP contribution in [0.2, 0.25) is 0 Å². The van der Waals surface area contributed by atoms with Crippen LogP contribution in [-0.4, -0.2) is 31.0 Å². The summed E-state index contributed by atoms with van der Waals surface area (Å²) < 4.78 is 47.0. The topological polar surface area (TPSA) is 98.7 Å². The Labute approximate surface area is 187 Å². The first-order valence-corrected chi connectivity index (χ1v) is 10.1. The van der Waals surface area contributed by atoms with Gasteiger partial charge in [-0.25, -0.2) is 9.61 Å². The van der Waals surface area contributed by atoms with E-state index >= 15 is 0 Å². The van der Waals surface area contributed by atoms with Gasteiger partial charge in [0.2, 0.25) is 0 Å². The number of fused-ring (bicyclic) bond motifs is 1. The lowest BCUT2D eigenvalue weighted by Gasteiger charge is -2.13. The zero-order chi connectivity index (χ0) is 23.2. The van der Waals surface area contributed by atoms with Gasteiger partial charge in [-0.15, -0.1) is 0 Å².